The van der Waals surface area contributed by atoms with E-state index in [-0.39, 0.29) is 16.9 Å². The number of hydrogen-bond acceptors (Lipinski definition) is 6. The Balaban J connectivity index is 1.45. The fraction of sp³-hybridized carbons (Fsp3) is 0.393. The van der Waals surface area contributed by atoms with E-state index in [2.05, 4.69) is 45.1 Å². The van der Waals surface area contributed by atoms with E-state index in [0.717, 1.165) is 56.1 Å². The van der Waals surface area contributed by atoms with E-state index in [1.807, 2.05) is 39.0 Å². The molecule has 0 saturated carbocycles. The van der Waals surface area contributed by atoms with Crippen molar-refractivity contribution in [1.82, 2.24) is 15.1 Å². The number of anilines is 1. The Bertz CT molecular complexity index is 1210. The molecule has 184 valence electrons. The van der Waals surface area contributed by atoms with Crippen LogP contribution in [0.4, 0.5) is 5.82 Å². The Morgan fingerprint density at radius 2 is 1.66 bits per heavy atom. The van der Waals surface area contributed by atoms with E-state index in [1.165, 1.54) is 11.1 Å². The van der Waals surface area contributed by atoms with Gasteiger partial charge in [-0.05, 0) is 57.9 Å². The molecule has 1 fully saturated rings. The number of aromatic carboxylic acids is 1. The van der Waals surface area contributed by atoms with Crippen molar-refractivity contribution in [2.75, 3.05) is 31.1 Å². The summed E-state index contributed by atoms with van der Waals surface area (Å²) in [4.78, 5) is 16.2. The Labute approximate surface area is 207 Å². The number of benzene rings is 2. The third-order valence-corrected chi connectivity index (χ3v) is 6.65. The Hall–Kier alpha value is -3.45. The Morgan fingerprint density at radius 1 is 0.943 bits per heavy atom. The topological polar surface area (TPSA) is 89.8 Å². The number of carboxylic acid groups (broad SMARTS) is 1. The average molecular weight is 475 g/mol. The first-order valence-corrected chi connectivity index (χ1v) is 12.2. The van der Waals surface area contributed by atoms with Gasteiger partial charge in [-0.3, -0.25) is 4.90 Å². The fourth-order valence-corrected chi connectivity index (χ4v) is 4.62. The van der Waals surface area contributed by atoms with Crippen LogP contribution in [-0.2, 0) is 18.4 Å². The maximum atomic E-state index is 11.6. The molecule has 0 amide bonds. The molecule has 0 aliphatic carbocycles. The summed E-state index contributed by atoms with van der Waals surface area (Å²) in [5.41, 5.74) is 5.18. The number of phenolic OH excluding ortho intramolecular Hbond substituents is 1. The van der Waals surface area contributed by atoms with Crippen LogP contribution >= 0.6 is 0 Å². The van der Waals surface area contributed by atoms with Crippen LogP contribution in [-0.4, -0.2) is 57.5 Å². The number of aromatic hydroxyl groups is 1. The van der Waals surface area contributed by atoms with E-state index in [1.54, 1.807) is 12.1 Å². The molecule has 7 nitrogen and oxygen atoms in total. The lowest BCUT2D eigenvalue weighted by Crippen LogP contribution is -2.46. The van der Waals surface area contributed by atoms with Crippen molar-refractivity contribution in [3.05, 3.63) is 70.9 Å². The summed E-state index contributed by atoms with van der Waals surface area (Å²) < 4.78 is 0. The van der Waals surface area contributed by atoms with Gasteiger partial charge in [-0.1, -0.05) is 58.0 Å². The van der Waals surface area contributed by atoms with E-state index < -0.39 is 5.97 Å². The number of hydrogen-bond donors (Lipinski definition) is 2. The zero-order valence-electron chi connectivity index (χ0n) is 21.0. The van der Waals surface area contributed by atoms with Crippen LogP contribution in [0.2, 0.25) is 0 Å². The molecule has 0 bridgehead atoms. The summed E-state index contributed by atoms with van der Waals surface area (Å²) in [6, 6.07) is 15.8. The van der Waals surface area contributed by atoms with E-state index in [4.69, 9.17) is 0 Å². The van der Waals surface area contributed by atoms with Crippen LogP contribution < -0.4 is 4.90 Å². The summed E-state index contributed by atoms with van der Waals surface area (Å²) in [5, 5.41) is 27.6. The standard InChI is InChI=1S/C28H34N4O3/c1-5-19-15-21(20-7-6-8-23(33)16-20)9-10-22(19)18-31-11-13-32(14-12-31)25-17-24(28(2,3)4)26(27(34)35)30-29-25/h6-10,15-17,33H,5,11-14,18H2,1-4H3,(H,34,35). The van der Waals surface area contributed by atoms with Crippen molar-refractivity contribution in [3.63, 3.8) is 0 Å². The molecule has 1 aliphatic heterocycles. The molecule has 1 aliphatic rings. The molecule has 0 radical (unpaired) electrons. The molecule has 2 heterocycles. The maximum absolute atomic E-state index is 11.6. The number of nitrogens with zero attached hydrogens (tertiary/aromatic N) is 4. The van der Waals surface area contributed by atoms with Crippen molar-refractivity contribution in [1.29, 1.82) is 0 Å². The van der Waals surface area contributed by atoms with Crippen LogP contribution in [0.15, 0.2) is 48.5 Å². The van der Waals surface area contributed by atoms with Gasteiger partial charge in [0.15, 0.2) is 11.5 Å². The lowest BCUT2D eigenvalue weighted by atomic mass is 9.86. The van der Waals surface area contributed by atoms with Gasteiger partial charge in [0.25, 0.3) is 0 Å². The number of carbonyl (C=O) groups is 1. The molecule has 1 saturated heterocycles. The predicted octanol–water partition coefficient (Wildman–Crippen LogP) is 4.73. The second-order valence-electron chi connectivity index (χ2n) is 10.2. The second kappa shape index (κ2) is 10.0. The minimum Gasteiger partial charge on any atom is -0.508 e. The number of rotatable bonds is 6. The average Bonchev–Trinajstić information content (AvgIpc) is 2.84. The highest BCUT2D eigenvalue weighted by Crippen LogP contribution is 2.29. The lowest BCUT2D eigenvalue weighted by molar-refractivity contribution is 0.0686. The molecule has 3 aromatic rings. The van der Waals surface area contributed by atoms with Gasteiger partial charge in [0.05, 0.1) is 0 Å². The van der Waals surface area contributed by atoms with Crippen LogP contribution in [0.1, 0.15) is 54.9 Å². The highest BCUT2D eigenvalue weighted by molar-refractivity contribution is 5.87. The monoisotopic (exact) mass is 474 g/mol. The largest absolute Gasteiger partial charge is 0.508 e. The van der Waals surface area contributed by atoms with Crippen molar-refractivity contribution in [2.24, 2.45) is 0 Å². The van der Waals surface area contributed by atoms with E-state index >= 15 is 0 Å². The summed E-state index contributed by atoms with van der Waals surface area (Å²) in [7, 11) is 0. The zero-order chi connectivity index (χ0) is 25.2. The Kier molecular flexibility index (Phi) is 7.08. The van der Waals surface area contributed by atoms with E-state index in [9.17, 15) is 15.0 Å². The van der Waals surface area contributed by atoms with Gasteiger partial charge in [-0.15, -0.1) is 10.2 Å². The van der Waals surface area contributed by atoms with Crippen LogP contribution in [0.25, 0.3) is 11.1 Å². The molecule has 35 heavy (non-hydrogen) atoms. The highest BCUT2D eigenvalue weighted by Gasteiger charge is 2.27. The van der Waals surface area contributed by atoms with Gasteiger partial charge in [0.1, 0.15) is 5.75 Å². The SMILES string of the molecule is CCc1cc(-c2cccc(O)c2)ccc1CN1CCN(c2cc(C(C)(C)C)c(C(=O)O)nn2)CC1. The number of aromatic nitrogens is 2. The summed E-state index contributed by atoms with van der Waals surface area (Å²) in [5.74, 6) is -0.0238. The zero-order valence-corrected chi connectivity index (χ0v) is 21.0. The highest BCUT2D eigenvalue weighted by atomic mass is 16.4. The van der Waals surface area contributed by atoms with E-state index in [0.29, 0.717) is 5.56 Å². The van der Waals surface area contributed by atoms with Gasteiger partial charge < -0.3 is 15.1 Å². The predicted molar refractivity (Wildman–Crippen MR) is 138 cm³/mol. The first-order valence-electron chi connectivity index (χ1n) is 12.2. The second-order valence-corrected chi connectivity index (χ2v) is 10.2. The molecule has 0 atom stereocenters. The third-order valence-electron chi connectivity index (χ3n) is 6.65. The molecular formula is C28H34N4O3. The normalized spacial score (nSPS) is 14.8. The van der Waals surface area contributed by atoms with Crippen LogP contribution in [0.5, 0.6) is 5.75 Å². The van der Waals surface area contributed by atoms with Crippen LogP contribution in [0.3, 0.4) is 0 Å². The van der Waals surface area contributed by atoms with Gasteiger partial charge in [0, 0.05) is 32.7 Å². The fourth-order valence-electron chi connectivity index (χ4n) is 4.62. The maximum Gasteiger partial charge on any atom is 0.356 e. The summed E-state index contributed by atoms with van der Waals surface area (Å²) in [6.45, 7) is 12.5. The first-order chi connectivity index (χ1) is 16.7. The molecule has 1 aromatic heterocycles. The van der Waals surface area contributed by atoms with Crippen LogP contribution in [0, 0.1) is 0 Å². The van der Waals surface area contributed by atoms with Gasteiger partial charge in [-0.2, -0.15) is 0 Å². The number of piperazine rings is 1. The van der Waals surface area contributed by atoms with Gasteiger partial charge >= 0.3 is 5.97 Å². The number of carboxylic acids is 1. The Morgan fingerprint density at radius 3 is 2.29 bits per heavy atom. The number of phenols is 1. The molecule has 0 spiro atoms. The smallest absolute Gasteiger partial charge is 0.356 e. The molecule has 2 aromatic carbocycles. The lowest BCUT2D eigenvalue weighted by Gasteiger charge is -2.36. The quantitative estimate of drug-likeness (QED) is 0.534. The molecular weight excluding hydrogens is 440 g/mol. The third kappa shape index (κ3) is 5.62. The molecule has 7 heteroatoms. The molecule has 2 N–H and O–H groups in total. The summed E-state index contributed by atoms with van der Waals surface area (Å²) in [6.07, 6.45) is 0.947. The number of aryl methyl sites for hydroxylation is 1. The first kappa shape index (κ1) is 24.7. The molecule has 4 rings (SSSR count). The minimum atomic E-state index is -1.04. The van der Waals surface area contributed by atoms with Crippen molar-refractivity contribution < 1.29 is 15.0 Å². The van der Waals surface area contributed by atoms with Gasteiger partial charge in [-0.25, -0.2) is 4.79 Å². The van der Waals surface area contributed by atoms with Crippen molar-refractivity contribution >= 4 is 11.8 Å². The molecule has 0 unspecified atom stereocenters. The summed E-state index contributed by atoms with van der Waals surface area (Å²) >= 11 is 0. The van der Waals surface area contributed by atoms with Crippen molar-refractivity contribution in [2.45, 2.75) is 46.1 Å². The van der Waals surface area contributed by atoms with Crippen molar-refractivity contribution in [3.8, 4) is 16.9 Å². The minimum absolute atomic E-state index is 0.0288. The van der Waals surface area contributed by atoms with Gasteiger partial charge in [0.2, 0.25) is 0 Å².